The van der Waals surface area contributed by atoms with Gasteiger partial charge in [0.15, 0.2) is 0 Å². The van der Waals surface area contributed by atoms with Crippen LogP contribution in [0.25, 0.3) is 0 Å². The van der Waals surface area contributed by atoms with E-state index in [0.29, 0.717) is 0 Å². The number of nitro groups is 1. The maximum Gasteiger partial charge on any atom is 0.269 e. The van der Waals surface area contributed by atoms with Crippen LogP contribution in [-0.2, 0) is 10.2 Å². The lowest BCUT2D eigenvalue weighted by molar-refractivity contribution is -0.385. The summed E-state index contributed by atoms with van der Waals surface area (Å²) in [5.41, 5.74) is -0.717. The highest BCUT2D eigenvalue weighted by Crippen LogP contribution is 2.43. The largest absolute Gasteiger partial charge is 0.374 e. The van der Waals surface area contributed by atoms with Crippen LogP contribution in [0.15, 0.2) is 18.2 Å². The number of rotatable bonds is 3. The van der Waals surface area contributed by atoms with Crippen LogP contribution >= 0.6 is 0 Å². The number of hydrogen-bond acceptors (Lipinski definition) is 3. The molecule has 19 heavy (non-hydrogen) atoms. The lowest BCUT2D eigenvalue weighted by Gasteiger charge is -2.29. The quantitative estimate of drug-likeness (QED) is 0.627. The van der Waals surface area contributed by atoms with Gasteiger partial charge in [0.1, 0.15) is 12.5 Å². The number of nitro benzene ring substituents is 1. The maximum atomic E-state index is 14.0. The van der Waals surface area contributed by atoms with Gasteiger partial charge >= 0.3 is 0 Å². The van der Waals surface area contributed by atoms with Crippen LogP contribution in [0.3, 0.4) is 0 Å². The van der Waals surface area contributed by atoms with E-state index in [2.05, 4.69) is 0 Å². The summed E-state index contributed by atoms with van der Waals surface area (Å²) in [4.78, 5) is 10.2. The first-order valence-electron chi connectivity index (χ1n) is 6.02. The van der Waals surface area contributed by atoms with E-state index in [1.807, 2.05) is 0 Å². The predicted molar refractivity (Wildman–Crippen MR) is 65.3 cm³/mol. The van der Waals surface area contributed by atoms with Gasteiger partial charge in [0.2, 0.25) is 0 Å². The Hall–Kier alpha value is -1.56. The van der Waals surface area contributed by atoms with Gasteiger partial charge in [-0.2, -0.15) is 0 Å². The molecule has 2 rings (SSSR count). The first-order valence-corrected chi connectivity index (χ1v) is 6.02. The highest BCUT2D eigenvalue weighted by Gasteiger charge is 2.46. The fourth-order valence-electron chi connectivity index (χ4n) is 2.53. The average Bonchev–Trinajstić information content (AvgIpc) is 2.67. The Kier molecular flexibility index (Phi) is 3.54. The highest BCUT2D eigenvalue weighted by molar-refractivity contribution is 5.40. The minimum Gasteiger partial charge on any atom is -0.374 e. The molecular formula is C13H15F2NO3. The van der Waals surface area contributed by atoms with E-state index in [-0.39, 0.29) is 23.8 Å². The Morgan fingerprint density at radius 1 is 1.58 bits per heavy atom. The minimum atomic E-state index is -0.757. The third-order valence-electron chi connectivity index (χ3n) is 4.09. The predicted octanol–water partition coefficient (Wildman–Crippen LogP) is 3.00. The van der Waals surface area contributed by atoms with Crippen molar-refractivity contribution in [3.05, 3.63) is 39.7 Å². The lowest BCUT2D eigenvalue weighted by atomic mass is 9.73. The topological polar surface area (TPSA) is 52.4 Å². The van der Waals surface area contributed by atoms with E-state index in [1.165, 1.54) is 6.07 Å². The summed E-state index contributed by atoms with van der Waals surface area (Å²) in [5, 5.41) is 10.8. The summed E-state index contributed by atoms with van der Waals surface area (Å²) in [6.07, 6.45) is -0.594. The van der Waals surface area contributed by atoms with Crippen LogP contribution in [0.5, 0.6) is 0 Å². The van der Waals surface area contributed by atoms with Crippen molar-refractivity contribution in [1.29, 1.82) is 0 Å². The standard InChI is InChI=1S/C13H15F2NO3/c1-8-12(6-14)19-7-13(8,2)10-5-9(16(17)18)3-4-11(10)15/h3-5,8,12H,6-7H2,1-2H3/t8-,12?,13-/m1/s1. The SMILES string of the molecule is C[C@@H]1C(CF)OC[C@@]1(C)c1cc([N+](=O)[O-])ccc1F. The molecule has 1 aromatic rings. The molecule has 0 aliphatic carbocycles. The summed E-state index contributed by atoms with van der Waals surface area (Å²) in [7, 11) is 0. The number of hydrogen-bond donors (Lipinski definition) is 0. The molecule has 1 saturated heterocycles. The summed E-state index contributed by atoms with van der Waals surface area (Å²) < 4.78 is 32.1. The second-order valence-corrected chi connectivity index (χ2v) is 5.13. The van der Waals surface area contributed by atoms with Crippen LogP contribution in [0, 0.1) is 21.8 Å². The van der Waals surface area contributed by atoms with Crippen LogP contribution in [0.2, 0.25) is 0 Å². The van der Waals surface area contributed by atoms with Crippen LogP contribution in [0.4, 0.5) is 14.5 Å². The summed E-state index contributed by atoms with van der Waals surface area (Å²) in [6.45, 7) is 3.03. The van der Waals surface area contributed by atoms with E-state index in [4.69, 9.17) is 4.74 Å². The lowest BCUT2D eigenvalue weighted by Crippen LogP contribution is -2.33. The summed E-state index contributed by atoms with van der Waals surface area (Å²) in [6, 6.07) is 3.42. The van der Waals surface area contributed by atoms with E-state index < -0.39 is 28.9 Å². The molecule has 4 nitrogen and oxygen atoms in total. The maximum absolute atomic E-state index is 14.0. The van der Waals surface area contributed by atoms with Gasteiger partial charge in [-0.05, 0) is 12.0 Å². The average molecular weight is 271 g/mol. The summed E-state index contributed by atoms with van der Waals surface area (Å²) >= 11 is 0. The van der Waals surface area contributed by atoms with E-state index in [9.17, 15) is 18.9 Å². The first-order chi connectivity index (χ1) is 8.90. The van der Waals surface area contributed by atoms with Crippen molar-refractivity contribution < 1.29 is 18.4 Å². The fraction of sp³-hybridized carbons (Fsp3) is 0.538. The molecule has 1 aliphatic rings. The molecule has 0 saturated carbocycles. The number of benzene rings is 1. The Morgan fingerprint density at radius 3 is 2.79 bits per heavy atom. The first kappa shape index (κ1) is 13.9. The molecule has 1 aliphatic heterocycles. The van der Waals surface area contributed by atoms with E-state index in [0.717, 1.165) is 12.1 Å². The zero-order chi connectivity index (χ0) is 14.2. The van der Waals surface area contributed by atoms with Crippen molar-refractivity contribution in [2.45, 2.75) is 25.4 Å². The molecular weight excluding hydrogens is 256 g/mol. The minimum absolute atomic E-state index is 0.154. The molecule has 0 N–H and O–H groups in total. The molecule has 104 valence electrons. The van der Waals surface area contributed by atoms with Gasteiger partial charge in [-0.25, -0.2) is 8.78 Å². The number of ether oxygens (including phenoxy) is 1. The fourth-order valence-corrected chi connectivity index (χ4v) is 2.53. The zero-order valence-corrected chi connectivity index (χ0v) is 10.7. The van der Waals surface area contributed by atoms with Crippen LogP contribution in [0.1, 0.15) is 19.4 Å². The van der Waals surface area contributed by atoms with Crippen molar-refractivity contribution in [2.24, 2.45) is 5.92 Å². The molecule has 0 radical (unpaired) electrons. The number of nitrogens with zero attached hydrogens (tertiary/aromatic N) is 1. The summed E-state index contributed by atoms with van der Waals surface area (Å²) in [5.74, 6) is -0.780. The number of non-ortho nitro benzene ring substituents is 1. The van der Waals surface area contributed by atoms with Gasteiger partial charge in [-0.3, -0.25) is 10.1 Å². The molecule has 1 heterocycles. The highest BCUT2D eigenvalue weighted by atomic mass is 19.1. The van der Waals surface area contributed by atoms with Crippen molar-refractivity contribution in [2.75, 3.05) is 13.3 Å². The second-order valence-electron chi connectivity index (χ2n) is 5.13. The van der Waals surface area contributed by atoms with Gasteiger partial charge < -0.3 is 4.74 Å². The molecule has 0 aromatic heterocycles. The molecule has 1 fully saturated rings. The van der Waals surface area contributed by atoms with E-state index >= 15 is 0 Å². The van der Waals surface area contributed by atoms with Crippen molar-refractivity contribution in [3.63, 3.8) is 0 Å². The normalized spacial score (nSPS) is 30.5. The van der Waals surface area contributed by atoms with E-state index in [1.54, 1.807) is 13.8 Å². The van der Waals surface area contributed by atoms with Gasteiger partial charge in [0, 0.05) is 23.1 Å². The van der Waals surface area contributed by atoms with Gasteiger partial charge in [-0.15, -0.1) is 0 Å². The molecule has 0 amide bonds. The van der Waals surface area contributed by atoms with Gasteiger partial charge in [0.05, 0.1) is 17.6 Å². The van der Waals surface area contributed by atoms with Crippen molar-refractivity contribution in [3.8, 4) is 0 Å². The zero-order valence-electron chi connectivity index (χ0n) is 10.7. The third-order valence-corrected chi connectivity index (χ3v) is 4.09. The van der Waals surface area contributed by atoms with Crippen LogP contribution in [-0.4, -0.2) is 24.3 Å². The molecule has 0 spiro atoms. The van der Waals surface area contributed by atoms with Crippen molar-refractivity contribution >= 4 is 5.69 Å². The number of halogens is 2. The number of alkyl halides is 1. The van der Waals surface area contributed by atoms with Crippen LogP contribution < -0.4 is 0 Å². The Morgan fingerprint density at radius 2 is 2.26 bits per heavy atom. The molecule has 1 unspecified atom stereocenters. The molecule has 1 aromatic carbocycles. The second kappa shape index (κ2) is 4.85. The monoisotopic (exact) mass is 271 g/mol. The molecule has 0 bridgehead atoms. The van der Waals surface area contributed by atoms with Crippen molar-refractivity contribution in [1.82, 2.24) is 0 Å². The van der Waals surface area contributed by atoms with Gasteiger partial charge in [-0.1, -0.05) is 13.8 Å². The molecule has 6 heteroatoms. The Balaban J connectivity index is 2.46. The smallest absolute Gasteiger partial charge is 0.269 e. The third kappa shape index (κ3) is 2.20. The Bertz CT molecular complexity index is 509. The Labute approximate surface area is 109 Å². The molecule has 3 atom stereocenters. The van der Waals surface area contributed by atoms with Gasteiger partial charge in [0.25, 0.3) is 5.69 Å².